The topological polar surface area (TPSA) is 66.4 Å². The van der Waals surface area contributed by atoms with Crippen LogP contribution in [0.2, 0.25) is 0 Å². The number of aliphatic hydroxyl groups excluding tert-OH is 1. The van der Waals surface area contributed by atoms with Gasteiger partial charge >= 0.3 is 0 Å². The number of fused-ring (bicyclic) bond motifs is 2. The third-order valence-corrected chi connectivity index (χ3v) is 6.03. The van der Waals surface area contributed by atoms with Crippen LogP contribution in [-0.2, 0) is 16.6 Å². The predicted octanol–water partition coefficient (Wildman–Crippen LogP) is 1.78. The normalized spacial score (nSPS) is 29.0. The molecule has 3 atom stereocenters. The molecule has 2 N–H and O–H groups in total. The molecule has 0 heterocycles. The van der Waals surface area contributed by atoms with Crippen LogP contribution < -0.4 is 4.72 Å². The number of hydrogen-bond donors (Lipinski definition) is 2. The summed E-state index contributed by atoms with van der Waals surface area (Å²) >= 11 is 0. The molecule has 2 fully saturated rings. The van der Waals surface area contributed by atoms with Gasteiger partial charge in [-0.25, -0.2) is 17.5 Å². The lowest BCUT2D eigenvalue weighted by Crippen LogP contribution is -2.38. The predicted molar refractivity (Wildman–Crippen MR) is 71.9 cm³/mol. The Kier molecular flexibility index (Phi) is 3.56. The summed E-state index contributed by atoms with van der Waals surface area (Å²) in [6.45, 7) is -0.511. The van der Waals surface area contributed by atoms with Gasteiger partial charge in [0.2, 0.25) is 10.0 Å². The molecule has 2 bridgehead atoms. The molecule has 6 heteroatoms. The molecule has 1 aromatic carbocycles. The van der Waals surface area contributed by atoms with Gasteiger partial charge in [-0.2, -0.15) is 0 Å². The quantitative estimate of drug-likeness (QED) is 0.890. The number of nitrogens with one attached hydrogen (secondary N) is 1. The molecule has 2 aliphatic carbocycles. The van der Waals surface area contributed by atoms with Gasteiger partial charge in [0, 0.05) is 11.6 Å². The van der Waals surface area contributed by atoms with Gasteiger partial charge in [0.25, 0.3) is 0 Å². The summed E-state index contributed by atoms with van der Waals surface area (Å²) in [6, 6.07) is 3.52. The average Bonchev–Trinajstić information content (AvgIpc) is 3.00. The molecule has 3 unspecified atom stereocenters. The largest absolute Gasteiger partial charge is 0.392 e. The van der Waals surface area contributed by atoms with Crippen LogP contribution in [0.15, 0.2) is 23.1 Å². The van der Waals surface area contributed by atoms with Gasteiger partial charge < -0.3 is 5.11 Å². The molecule has 2 aliphatic rings. The average molecular weight is 299 g/mol. The Bertz CT molecular complexity index is 617. The van der Waals surface area contributed by atoms with E-state index in [4.69, 9.17) is 5.11 Å². The zero-order chi connectivity index (χ0) is 14.3. The van der Waals surface area contributed by atoms with E-state index >= 15 is 0 Å². The second-order valence-electron chi connectivity index (χ2n) is 5.81. The van der Waals surface area contributed by atoms with E-state index in [0.29, 0.717) is 11.8 Å². The summed E-state index contributed by atoms with van der Waals surface area (Å²) in [7, 11) is -3.64. The maximum absolute atomic E-state index is 13.3. The van der Waals surface area contributed by atoms with E-state index in [2.05, 4.69) is 4.72 Å². The van der Waals surface area contributed by atoms with Crippen LogP contribution in [0.3, 0.4) is 0 Å². The first-order chi connectivity index (χ1) is 9.49. The second kappa shape index (κ2) is 5.09. The lowest BCUT2D eigenvalue weighted by atomic mass is 9.96. The van der Waals surface area contributed by atoms with Crippen molar-refractivity contribution in [2.24, 2.45) is 11.8 Å². The molecule has 1 aromatic rings. The first kappa shape index (κ1) is 14.0. The third kappa shape index (κ3) is 2.47. The number of rotatable bonds is 4. The lowest BCUT2D eigenvalue weighted by Gasteiger charge is -2.22. The first-order valence-electron chi connectivity index (χ1n) is 6.91. The van der Waals surface area contributed by atoms with Crippen LogP contribution in [0.1, 0.15) is 31.2 Å². The molecule has 2 saturated carbocycles. The molecule has 0 aromatic heterocycles. The summed E-state index contributed by atoms with van der Waals surface area (Å²) in [4.78, 5) is 0.0192. The SMILES string of the molecule is O=S(=O)(NC1CC2CCC1C2)c1ccc(F)c(CO)c1. The molecule has 4 nitrogen and oxygen atoms in total. The fourth-order valence-electron chi connectivity index (χ4n) is 3.50. The zero-order valence-electron chi connectivity index (χ0n) is 11.0. The van der Waals surface area contributed by atoms with Crippen molar-refractivity contribution in [2.45, 2.75) is 43.2 Å². The fraction of sp³-hybridized carbons (Fsp3) is 0.571. The highest BCUT2D eigenvalue weighted by Crippen LogP contribution is 2.44. The van der Waals surface area contributed by atoms with Crippen LogP contribution in [0.4, 0.5) is 4.39 Å². The molecule has 0 spiro atoms. The van der Waals surface area contributed by atoms with E-state index in [1.54, 1.807) is 0 Å². The van der Waals surface area contributed by atoms with Crippen molar-refractivity contribution in [3.8, 4) is 0 Å². The lowest BCUT2D eigenvalue weighted by molar-refractivity contribution is 0.275. The molecule has 0 aliphatic heterocycles. The number of hydrogen-bond acceptors (Lipinski definition) is 3. The number of benzene rings is 1. The minimum Gasteiger partial charge on any atom is -0.392 e. The minimum absolute atomic E-state index is 0.000757. The van der Waals surface area contributed by atoms with Crippen LogP contribution in [-0.4, -0.2) is 19.6 Å². The van der Waals surface area contributed by atoms with E-state index in [9.17, 15) is 12.8 Å². The van der Waals surface area contributed by atoms with Gasteiger partial charge in [-0.15, -0.1) is 0 Å². The van der Waals surface area contributed by atoms with Crippen molar-refractivity contribution >= 4 is 10.0 Å². The summed E-state index contributed by atoms with van der Waals surface area (Å²) < 4.78 is 40.7. The van der Waals surface area contributed by atoms with Gasteiger partial charge in [0.15, 0.2) is 0 Å². The minimum atomic E-state index is -3.64. The maximum Gasteiger partial charge on any atom is 0.240 e. The van der Waals surface area contributed by atoms with Crippen molar-refractivity contribution in [1.82, 2.24) is 4.72 Å². The van der Waals surface area contributed by atoms with E-state index in [1.807, 2.05) is 0 Å². The molecular weight excluding hydrogens is 281 g/mol. The Hall–Kier alpha value is -0.980. The Morgan fingerprint density at radius 2 is 2.10 bits per heavy atom. The molecule has 0 radical (unpaired) electrons. The van der Waals surface area contributed by atoms with E-state index < -0.39 is 22.4 Å². The van der Waals surface area contributed by atoms with E-state index in [-0.39, 0.29) is 16.5 Å². The molecule has 0 amide bonds. The van der Waals surface area contributed by atoms with Crippen molar-refractivity contribution in [1.29, 1.82) is 0 Å². The van der Waals surface area contributed by atoms with Gasteiger partial charge in [-0.3, -0.25) is 0 Å². The third-order valence-electron chi connectivity index (χ3n) is 4.54. The smallest absolute Gasteiger partial charge is 0.240 e. The van der Waals surface area contributed by atoms with Crippen molar-refractivity contribution in [2.75, 3.05) is 0 Å². The van der Waals surface area contributed by atoms with Crippen LogP contribution in [0.25, 0.3) is 0 Å². The summed E-state index contributed by atoms with van der Waals surface area (Å²) in [5, 5.41) is 9.02. The maximum atomic E-state index is 13.3. The highest BCUT2D eigenvalue weighted by molar-refractivity contribution is 7.89. The number of sulfonamides is 1. The van der Waals surface area contributed by atoms with Crippen LogP contribution >= 0.6 is 0 Å². The standard InChI is InChI=1S/C14H18FNO3S/c15-13-4-3-12(7-11(13)8-17)20(18,19)16-14-6-9-1-2-10(14)5-9/h3-4,7,9-10,14,16-17H,1-2,5-6,8H2. The Labute approximate surface area is 118 Å². The highest BCUT2D eigenvalue weighted by Gasteiger charge is 2.41. The molecule has 0 saturated heterocycles. The van der Waals surface area contributed by atoms with Crippen molar-refractivity contribution in [3.63, 3.8) is 0 Å². The first-order valence-corrected chi connectivity index (χ1v) is 8.39. The Balaban J connectivity index is 1.81. The second-order valence-corrected chi connectivity index (χ2v) is 7.53. The van der Waals surface area contributed by atoms with Gasteiger partial charge in [0.1, 0.15) is 5.82 Å². The van der Waals surface area contributed by atoms with E-state index in [1.165, 1.54) is 18.6 Å². The molecule has 3 rings (SSSR count). The fourth-order valence-corrected chi connectivity index (χ4v) is 4.86. The number of aliphatic hydroxyl groups is 1. The molecule has 110 valence electrons. The van der Waals surface area contributed by atoms with Gasteiger partial charge in [-0.05, 0) is 49.3 Å². The van der Waals surface area contributed by atoms with Crippen LogP contribution in [0.5, 0.6) is 0 Å². The van der Waals surface area contributed by atoms with Crippen LogP contribution in [0, 0.1) is 17.7 Å². The zero-order valence-corrected chi connectivity index (χ0v) is 11.9. The Morgan fingerprint density at radius 3 is 2.70 bits per heavy atom. The monoisotopic (exact) mass is 299 g/mol. The summed E-state index contributed by atoms with van der Waals surface area (Å²) in [5.41, 5.74) is 0.000757. The van der Waals surface area contributed by atoms with Crippen molar-refractivity contribution in [3.05, 3.63) is 29.6 Å². The highest BCUT2D eigenvalue weighted by atomic mass is 32.2. The summed E-state index contributed by atoms with van der Waals surface area (Å²) in [5.74, 6) is 0.493. The van der Waals surface area contributed by atoms with Crippen molar-refractivity contribution < 1.29 is 17.9 Å². The number of halogens is 1. The van der Waals surface area contributed by atoms with Gasteiger partial charge in [-0.1, -0.05) is 6.42 Å². The van der Waals surface area contributed by atoms with Gasteiger partial charge in [0.05, 0.1) is 11.5 Å². The molecule has 20 heavy (non-hydrogen) atoms. The molecular formula is C14H18FNO3S. The Morgan fingerprint density at radius 1 is 1.30 bits per heavy atom. The summed E-state index contributed by atoms with van der Waals surface area (Å²) in [6.07, 6.45) is 4.30. The van der Waals surface area contributed by atoms with E-state index in [0.717, 1.165) is 25.3 Å².